The summed E-state index contributed by atoms with van der Waals surface area (Å²) in [7, 11) is 0. The van der Waals surface area contributed by atoms with E-state index in [0.29, 0.717) is 19.3 Å². The molecule has 0 rings (SSSR count). The number of rotatable bonds is 37. The summed E-state index contributed by atoms with van der Waals surface area (Å²) in [5.41, 5.74) is 0. The van der Waals surface area contributed by atoms with Gasteiger partial charge in [0.1, 0.15) is 19.3 Å². The summed E-state index contributed by atoms with van der Waals surface area (Å²) < 4.78 is 10.2. The fraction of sp³-hybridized carbons (Fsp3) is 0.733. The van der Waals surface area contributed by atoms with Gasteiger partial charge in [-0.05, 0) is 44.9 Å². The predicted molar refractivity (Wildman–Crippen MR) is 216 cm³/mol. The van der Waals surface area contributed by atoms with Crippen LogP contribution in [0.5, 0.6) is 0 Å². The molecule has 0 saturated carbocycles. The second kappa shape index (κ2) is 40.3. The minimum atomic E-state index is -1.04. The first-order chi connectivity index (χ1) is 25.0. The minimum Gasteiger partial charge on any atom is -0.463 e. The monoisotopic (exact) mass is 715 g/mol. The molecular weight excluding hydrogens is 636 g/mol. The first-order valence-electron chi connectivity index (χ1n) is 20.9. The summed E-state index contributed by atoms with van der Waals surface area (Å²) >= 11 is 0. The third-order valence-corrected chi connectivity index (χ3v) is 8.87. The van der Waals surface area contributed by atoms with E-state index in [1.165, 1.54) is 103 Å². The highest BCUT2D eigenvalue weighted by molar-refractivity contribution is 5.69. The number of esters is 2. The van der Waals surface area contributed by atoms with Gasteiger partial charge in [0.25, 0.3) is 0 Å². The topological polar surface area (TPSA) is 93.1 Å². The predicted octanol–water partition coefficient (Wildman–Crippen LogP) is 12.1. The van der Waals surface area contributed by atoms with Gasteiger partial charge in [-0.15, -0.1) is 0 Å². The average molecular weight is 715 g/mol. The molecule has 0 aliphatic carbocycles. The lowest BCUT2D eigenvalue weighted by molar-refractivity contribution is -0.152. The molecule has 0 saturated heterocycles. The van der Waals surface area contributed by atoms with Crippen LogP contribution in [0.15, 0.2) is 60.8 Å². The Hall–Kier alpha value is -2.44. The highest BCUT2D eigenvalue weighted by atomic mass is 16.6. The molecule has 6 heteroatoms. The lowest BCUT2D eigenvalue weighted by atomic mass is 10.0. The van der Waals surface area contributed by atoms with E-state index in [9.17, 15) is 19.8 Å². The number of hydrogen-bond donors (Lipinski definition) is 2. The van der Waals surface area contributed by atoms with Crippen molar-refractivity contribution in [1.29, 1.82) is 0 Å². The Balaban J connectivity index is 3.58. The SMILES string of the molecule is CC/C=C\C/C=C\C/C=C\C/C=C\C=C\C(O)CCCC(=O)OC[C@H](O)COC(=O)CCCCCCCCCCCCCCCCCCCCC. The minimum absolute atomic E-state index is 0.154. The number of allylic oxidation sites excluding steroid dienone is 9. The van der Waals surface area contributed by atoms with Crippen molar-refractivity contribution in [3.8, 4) is 0 Å². The number of unbranched alkanes of at least 4 members (excludes halogenated alkanes) is 18. The second-order valence-electron chi connectivity index (χ2n) is 13.9. The van der Waals surface area contributed by atoms with Gasteiger partial charge in [-0.25, -0.2) is 0 Å². The van der Waals surface area contributed by atoms with Crippen LogP contribution in [0.2, 0.25) is 0 Å². The Kier molecular flexibility index (Phi) is 38.4. The molecule has 2 atom stereocenters. The summed E-state index contributed by atoms with van der Waals surface area (Å²) in [6.45, 7) is 4.03. The van der Waals surface area contributed by atoms with Crippen molar-refractivity contribution in [2.75, 3.05) is 13.2 Å². The molecule has 0 aromatic carbocycles. The van der Waals surface area contributed by atoms with Gasteiger partial charge >= 0.3 is 11.9 Å². The molecule has 2 N–H and O–H groups in total. The van der Waals surface area contributed by atoms with Crippen LogP contribution in [0.25, 0.3) is 0 Å². The van der Waals surface area contributed by atoms with Crippen molar-refractivity contribution in [3.05, 3.63) is 60.8 Å². The highest BCUT2D eigenvalue weighted by Gasteiger charge is 2.12. The van der Waals surface area contributed by atoms with Crippen LogP contribution >= 0.6 is 0 Å². The van der Waals surface area contributed by atoms with Crippen LogP contribution in [-0.4, -0.2) is 47.6 Å². The lowest BCUT2D eigenvalue weighted by Gasteiger charge is -2.12. The van der Waals surface area contributed by atoms with E-state index in [0.717, 1.165) is 44.9 Å². The van der Waals surface area contributed by atoms with Gasteiger partial charge in [-0.3, -0.25) is 9.59 Å². The van der Waals surface area contributed by atoms with Crippen molar-refractivity contribution >= 4 is 11.9 Å². The normalized spacial score (nSPS) is 13.4. The molecule has 51 heavy (non-hydrogen) atoms. The Morgan fingerprint density at radius 3 is 1.33 bits per heavy atom. The smallest absolute Gasteiger partial charge is 0.305 e. The van der Waals surface area contributed by atoms with E-state index in [1.807, 2.05) is 18.2 Å². The molecular formula is C45H78O6. The maximum Gasteiger partial charge on any atom is 0.305 e. The molecule has 0 aliphatic rings. The third kappa shape index (κ3) is 40.2. The Morgan fingerprint density at radius 2 is 0.882 bits per heavy atom. The highest BCUT2D eigenvalue weighted by Crippen LogP contribution is 2.15. The van der Waals surface area contributed by atoms with Crippen LogP contribution < -0.4 is 0 Å². The van der Waals surface area contributed by atoms with E-state index in [2.05, 4.69) is 50.3 Å². The number of ether oxygens (including phenoxy) is 2. The molecule has 0 fully saturated rings. The van der Waals surface area contributed by atoms with Crippen molar-refractivity contribution in [2.24, 2.45) is 0 Å². The van der Waals surface area contributed by atoms with Crippen molar-refractivity contribution in [2.45, 2.75) is 199 Å². The average Bonchev–Trinajstić information content (AvgIpc) is 3.12. The van der Waals surface area contributed by atoms with E-state index >= 15 is 0 Å². The van der Waals surface area contributed by atoms with E-state index < -0.39 is 18.2 Å². The molecule has 0 amide bonds. The summed E-state index contributed by atoms with van der Waals surface area (Å²) in [5.74, 6) is -0.760. The van der Waals surface area contributed by atoms with Crippen molar-refractivity contribution in [3.63, 3.8) is 0 Å². The molecule has 294 valence electrons. The molecule has 6 nitrogen and oxygen atoms in total. The first kappa shape index (κ1) is 48.6. The zero-order valence-corrected chi connectivity index (χ0v) is 33.0. The summed E-state index contributed by atoms with van der Waals surface area (Å²) in [4.78, 5) is 24.0. The van der Waals surface area contributed by atoms with Crippen LogP contribution in [0.3, 0.4) is 0 Å². The van der Waals surface area contributed by atoms with Crippen molar-refractivity contribution < 1.29 is 29.3 Å². The number of aliphatic hydroxyl groups excluding tert-OH is 2. The quantitative estimate of drug-likeness (QED) is 0.0288. The van der Waals surface area contributed by atoms with Gasteiger partial charge in [0.2, 0.25) is 0 Å². The molecule has 0 radical (unpaired) electrons. The van der Waals surface area contributed by atoms with E-state index in [1.54, 1.807) is 6.08 Å². The Labute approximate surface area is 313 Å². The standard InChI is InChI=1S/C45H78O6/c1-3-5-7-9-11-13-15-17-18-19-20-21-22-24-26-28-30-32-34-38-44(48)50-40-43(47)41-51-45(49)39-35-37-42(46)36-33-31-29-27-25-23-16-14-12-10-8-6-4-2/h6,8,12,14,23,25,29,31,33,36,42-43,46-47H,3-5,7,9-11,13,15-22,24,26-28,30,32,34-35,37-41H2,1-2H3/b8-6-,14-12-,25-23-,31-29-,36-33+/t42?,43-/m1/s1. The number of aliphatic hydroxyl groups is 2. The largest absolute Gasteiger partial charge is 0.463 e. The lowest BCUT2D eigenvalue weighted by Crippen LogP contribution is -2.25. The van der Waals surface area contributed by atoms with Crippen molar-refractivity contribution in [1.82, 2.24) is 0 Å². The van der Waals surface area contributed by atoms with Gasteiger partial charge in [0.05, 0.1) is 6.10 Å². The Bertz CT molecular complexity index is 918. The molecule has 0 bridgehead atoms. The zero-order valence-electron chi connectivity index (χ0n) is 33.0. The molecule has 1 unspecified atom stereocenters. The van der Waals surface area contributed by atoms with Crippen LogP contribution in [0.1, 0.15) is 187 Å². The van der Waals surface area contributed by atoms with Crippen LogP contribution in [0, 0.1) is 0 Å². The first-order valence-corrected chi connectivity index (χ1v) is 20.9. The molecule has 0 heterocycles. The molecule has 0 aromatic heterocycles. The number of hydrogen-bond acceptors (Lipinski definition) is 6. The zero-order chi connectivity index (χ0) is 37.3. The van der Waals surface area contributed by atoms with Gasteiger partial charge in [-0.2, -0.15) is 0 Å². The third-order valence-electron chi connectivity index (χ3n) is 8.87. The van der Waals surface area contributed by atoms with E-state index in [4.69, 9.17) is 9.47 Å². The van der Waals surface area contributed by atoms with Gasteiger partial charge in [0.15, 0.2) is 0 Å². The van der Waals surface area contributed by atoms with Gasteiger partial charge in [0, 0.05) is 12.8 Å². The molecule has 0 aromatic rings. The second-order valence-corrected chi connectivity index (χ2v) is 13.9. The maximum absolute atomic E-state index is 12.0. The van der Waals surface area contributed by atoms with Gasteiger partial charge in [-0.1, -0.05) is 190 Å². The van der Waals surface area contributed by atoms with Crippen LogP contribution in [0.4, 0.5) is 0 Å². The fourth-order valence-corrected chi connectivity index (χ4v) is 5.70. The van der Waals surface area contributed by atoms with E-state index in [-0.39, 0.29) is 25.6 Å². The summed E-state index contributed by atoms with van der Waals surface area (Å²) in [5, 5.41) is 20.1. The summed E-state index contributed by atoms with van der Waals surface area (Å²) in [6.07, 6.45) is 48.9. The Morgan fingerprint density at radius 1 is 0.490 bits per heavy atom. The number of carbonyl (C=O) groups excluding carboxylic acids is 2. The molecule has 0 spiro atoms. The fourth-order valence-electron chi connectivity index (χ4n) is 5.70. The number of carbonyl (C=O) groups is 2. The van der Waals surface area contributed by atoms with Crippen LogP contribution in [-0.2, 0) is 19.1 Å². The van der Waals surface area contributed by atoms with Gasteiger partial charge < -0.3 is 19.7 Å². The maximum atomic E-state index is 12.0. The molecule has 0 aliphatic heterocycles. The summed E-state index contributed by atoms with van der Waals surface area (Å²) in [6, 6.07) is 0.